The molecule has 0 saturated carbocycles. The molecular formula is C14H21BrN2O. The zero-order chi connectivity index (χ0) is 13.3. The monoisotopic (exact) mass is 312 g/mol. The molecule has 0 aliphatic carbocycles. The second-order valence-electron chi connectivity index (χ2n) is 5.23. The van der Waals surface area contributed by atoms with Crippen LogP contribution in [0.4, 0.5) is 0 Å². The number of hydrogen-bond donors (Lipinski definition) is 1. The van der Waals surface area contributed by atoms with Gasteiger partial charge in [0.05, 0.1) is 0 Å². The van der Waals surface area contributed by atoms with Crippen LogP contribution in [0.5, 0.6) is 5.75 Å². The number of likely N-dealkylation sites (N-methyl/N-ethyl adjacent to an activating group) is 1. The first-order valence-electron chi connectivity index (χ1n) is 6.41. The zero-order valence-corrected chi connectivity index (χ0v) is 12.8. The zero-order valence-electron chi connectivity index (χ0n) is 11.2. The van der Waals surface area contributed by atoms with Gasteiger partial charge >= 0.3 is 0 Å². The minimum atomic E-state index is 0.242. The van der Waals surface area contributed by atoms with E-state index in [2.05, 4.69) is 46.6 Å². The third-order valence-corrected chi connectivity index (χ3v) is 4.31. The molecule has 3 nitrogen and oxygen atoms in total. The Bertz CT molecular complexity index is 424. The minimum Gasteiger partial charge on any atom is -0.508 e. The number of halogens is 1. The van der Waals surface area contributed by atoms with E-state index in [0.717, 1.165) is 29.7 Å². The second-order valence-corrected chi connectivity index (χ2v) is 6.14. The van der Waals surface area contributed by atoms with Crippen LogP contribution in [0.15, 0.2) is 22.7 Å². The van der Waals surface area contributed by atoms with E-state index >= 15 is 0 Å². The van der Waals surface area contributed by atoms with Crippen molar-refractivity contribution in [3.05, 3.63) is 28.2 Å². The highest BCUT2D eigenvalue weighted by Gasteiger charge is 2.27. The van der Waals surface area contributed by atoms with Crippen molar-refractivity contribution in [2.24, 2.45) is 0 Å². The summed E-state index contributed by atoms with van der Waals surface area (Å²) in [5.74, 6) is 0.386. The molecule has 0 aromatic heterocycles. The molecule has 0 bridgehead atoms. The normalized spacial score (nSPS) is 24.1. The lowest BCUT2D eigenvalue weighted by Gasteiger charge is -2.42. The molecule has 2 atom stereocenters. The summed E-state index contributed by atoms with van der Waals surface area (Å²) in [7, 11) is 2.16. The van der Waals surface area contributed by atoms with Crippen molar-refractivity contribution in [1.29, 1.82) is 0 Å². The predicted molar refractivity (Wildman–Crippen MR) is 77.9 cm³/mol. The van der Waals surface area contributed by atoms with Gasteiger partial charge in [0.25, 0.3) is 0 Å². The number of aromatic hydroxyl groups is 1. The topological polar surface area (TPSA) is 26.7 Å². The molecule has 0 spiro atoms. The standard InChI is InChI=1S/C14H21BrN2O/c1-10-9-16(3)6-7-17(10)11(2)13-8-12(15)4-5-14(13)18/h4-5,8,10-11,18H,6-7,9H2,1-3H3. The Kier molecular flexibility index (Phi) is 4.30. The SMILES string of the molecule is CC1CN(C)CCN1C(C)c1cc(Br)ccc1O. The van der Waals surface area contributed by atoms with Gasteiger partial charge in [-0.1, -0.05) is 15.9 Å². The van der Waals surface area contributed by atoms with Gasteiger partial charge in [0.2, 0.25) is 0 Å². The smallest absolute Gasteiger partial charge is 0.120 e. The quantitative estimate of drug-likeness (QED) is 0.909. The Morgan fingerprint density at radius 3 is 2.78 bits per heavy atom. The number of phenolic OH excluding ortho intramolecular Hbond substituents is 1. The molecule has 2 rings (SSSR count). The van der Waals surface area contributed by atoms with Crippen LogP contribution in [0.3, 0.4) is 0 Å². The van der Waals surface area contributed by atoms with E-state index in [9.17, 15) is 5.11 Å². The predicted octanol–water partition coefficient (Wildman–Crippen LogP) is 2.85. The van der Waals surface area contributed by atoms with E-state index in [1.54, 1.807) is 6.07 Å². The Morgan fingerprint density at radius 1 is 1.39 bits per heavy atom. The largest absolute Gasteiger partial charge is 0.508 e. The van der Waals surface area contributed by atoms with Gasteiger partial charge < -0.3 is 10.0 Å². The van der Waals surface area contributed by atoms with Crippen LogP contribution in [0.1, 0.15) is 25.5 Å². The maximum absolute atomic E-state index is 10.0. The molecule has 18 heavy (non-hydrogen) atoms. The molecule has 1 aliphatic heterocycles. The number of rotatable bonds is 2. The third-order valence-electron chi connectivity index (χ3n) is 3.82. The van der Waals surface area contributed by atoms with Gasteiger partial charge in [-0.15, -0.1) is 0 Å². The van der Waals surface area contributed by atoms with E-state index < -0.39 is 0 Å². The van der Waals surface area contributed by atoms with Crippen molar-refractivity contribution in [1.82, 2.24) is 9.80 Å². The first-order valence-corrected chi connectivity index (χ1v) is 7.21. The fourth-order valence-electron chi connectivity index (χ4n) is 2.77. The molecule has 1 aliphatic rings. The number of hydrogen-bond acceptors (Lipinski definition) is 3. The molecule has 0 radical (unpaired) electrons. The Morgan fingerprint density at radius 2 is 2.11 bits per heavy atom. The van der Waals surface area contributed by atoms with E-state index in [1.165, 1.54) is 0 Å². The van der Waals surface area contributed by atoms with E-state index in [4.69, 9.17) is 0 Å². The average Bonchev–Trinajstić information content (AvgIpc) is 2.31. The molecule has 1 fully saturated rings. The summed E-state index contributed by atoms with van der Waals surface area (Å²) in [5, 5.41) is 10.0. The minimum absolute atomic E-state index is 0.242. The molecule has 0 amide bonds. The van der Waals surface area contributed by atoms with Crippen molar-refractivity contribution < 1.29 is 5.11 Å². The number of phenols is 1. The van der Waals surface area contributed by atoms with Crippen LogP contribution in [-0.2, 0) is 0 Å². The van der Waals surface area contributed by atoms with Gasteiger partial charge in [-0.25, -0.2) is 0 Å². The lowest BCUT2D eigenvalue weighted by atomic mass is 10.0. The summed E-state index contributed by atoms with van der Waals surface area (Å²) in [6.07, 6.45) is 0. The van der Waals surface area contributed by atoms with Gasteiger partial charge in [-0.05, 0) is 39.1 Å². The fourth-order valence-corrected chi connectivity index (χ4v) is 3.15. The highest BCUT2D eigenvalue weighted by molar-refractivity contribution is 9.10. The van der Waals surface area contributed by atoms with Crippen LogP contribution < -0.4 is 0 Å². The third kappa shape index (κ3) is 2.87. The van der Waals surface area contributed by atoms with Crippen molar-refractivity contribution in [2.75, 3.05) is 26.7 Å². The number of nitrogens with zero attached hydrogens (tertiary/aromatic N) is 2. The lowest BCUT2D eigenvalue weighted by molar-refractivity contribution is 0.0664. The van der Waals surface area contributed by atoms with Crippen LogP contribution in [0.2, 0.25) is 0 Å². The Labute approximate surface area is 118 Å². The molecule has 1 saturated heterocycles. The highest BCUT2D eigenvalue weighted by atomic mass is 79.9. The van der Waals surface area contributed by atoms with Crippen LogP contribution in [0.25, 0.3) is 0 Å². The molecule has 1 N–H and O–H groups in total. The Hall–Kier alpha value is -0.580. The first kappa shape index (κ1) is 13.8. The van der Waals surface area contributed by atoms with Crippen LogP contribution >= 0.6 is 15.9 Å². The summed E-state index contributed by atoms with van der Waals surface area (Å²) in [4.78, 5) is 4.82. The summed E-state index contributed by atoms with van der Waals surface area (Å²) in [6, 6.07) is 6.41. The van der Waals surface area contributed by atoms with E-state index in [0.29, 0.717) is 11.8 Å². The molecule has 1 aromatic rings. The van der Waals surface area contributed by atoms with Gasteiger partial charge in [0.15, 0.2) is 0 Å². The number of piperazine rings is 1. The van der Waals surface area contributed by atoms with Crippen LogP contribution in [-0.4, -0.2) is 47.6 Å². The molecule has 4 heteroatoms. The average molecular weight is 313 g/mol. The van der Waals surface area contributed by atoms with Crippen molar-refractivity contribution >= 4 is 15.9 Å². The lowest BCUT2D eigenvalue weighted by Crippen LogP contribution is -2.51. The second kappa shape index (κ2) is 5.59. The molecule has 100 valence electrons. The fraction of sp³-hybridized carbons (Fsp3) is 0.571. The van der Waals surface area contributed by atoms with E-state index in [-0.39, 0.29) is 6.04 Å². The molecule has 1 aromatic carbocycles. The molecular weight excluding hydrogens is 292 g/mol. The molecule has 2 unspecified atom stereocenters. The van der Waals surface area contributed by atoms with Gasteiger partial charge in [0.1, 0.15) is 5.75 Å². The van der Waals surface area contributed by atoms with Gasteiger partial charge in [0, 0.05) is 41.8 Å². The molecule has 1 heterocycles. The van der Waals surface area contributed by atoms with Crippen LogP contribution in [0, 0.1) is 0 Å². The highest BCUT2D eigenvalue weighted by Crippen LogP contribution is 2.32. The summed E-state index contributed by atoms with van der Waals surface area (Å²) < 4.78 is 1.02. The van der Waals surface area contributed by atoms with Crippen molar-refractivity contribution in [3.8, 4) is 5.75 Å². The van der Waals surface area contributed by atoms with Crippen molar-refractivity contribution in [3.63, 3.8) is 0 Å². The van der Waals surface area contributed by atoms with Gasteiger partial charge in [-0.2, -0.15) is 0 Å². The van der Waals surface area contributed by atoms with Gasteiger partial charge in [-0.3, -0.25) is 4.90 Å². The maximum atomic E-state index is 10.0. The van der Waals surface area contributed by atoms with E-state index in [1.807, 2.05) is 12.1 Å². The van der Waals surface area contributed by atoms with Crippen molar-refractivity contribution in [2.45, 2.75) is 25.9 Å². The first-order chi connectivity index (χ1) is 8.49. The summed E-state index contributed by atoms with van der Waals surface area (Å²) in [5.41, 5.74) is 1.00. The number of benzene rings is 1. The Balaban J connectivity index is 2.20. The summed E-state index contributed by atoms with van der Waals surface area (Å²) >= 11 is 3.48. The maximum Gasteiger partial charge on any atom is 0.120 e. The summed E-state index contributed by atoms with van der Waals surface area (Å²) in [6.45, 7) is 7.64.